The number of ether oxygens (including phenoxy) is 2. The second-order valence-corrected chi connectivity index (χ2v) is 5.78. The van der Waals surface area contributed by atoms with E-state index < -0.39 is 18.0 Å². The van der Waals surface area contributed by atoms with Crippen molar-refractivity contribution in [3.8, 4) is 0 Å². The summed E-state index contributed by atoms with van der Waals surface area (Å²) in [7, 11) is 0. The van der Waals surface area contributed by atoms with Gasteiger partial charge in [0.1, 0.15) is 0 Å². The van der Waals surface area contributed by atoms with Gasteiger partial charge in [-0.15, -0.1) is 0 Å². The third-order valence-corrected chi connectivity index (χ3v) is 3.90. The van der Waals surface area contributed by atoms with Gasteiger partial charge in [-0.3, -0.25) is 9.59 Å². The summed E-state index contributed by atoms with van der Waals surface area (Å²) in [6.45, 7) is 3.97. The minimum Gasteiger partial charge on any atom is -0.462 e. The lowest BCUT2D eigenvalue weighted by atomic mass is 9.94. The van der Waals surface area contributed by atoms with Crippen LogP contribution < -0.4 is 5.32 Å². The van der Waals surface area contributed by atoms with E-state index in [0.717, 1.165) is 0 Å². The van der Waals surface area contributed by atoms with E-state index in [9.17, 15) is 14.4 Å². The Morgan fingerprint density at radius 2 is 2.00 bits per heavy atom. The van der Waals surface area contributed by atoms with Gasteiger partial charge in [-0.25, -0.2) is 4.79 Å². The molecule has 1 aromatic rings. The third kappa shape index (κ3) is 4.81. The molecule has 0 spiro atoms. The van der Waals surface area contributed by atoms with Crippen molar-refractivity contribution in [1.29, 1.82) is 0 Å². The van der Waals surface area contributed by atoms with E-state index >= 15 is 0 Å². The molecule has 6 heteroatoms. The second-order valence-electron chi connectivity index (χ2n) is 5.78. The second kappa shape index (κ2) is 7.76. The first-order valence-electron chi connectivity index (χ1n) is 7.63. The standard InChI is InChI=1S/C17H21NO5/c1-11(14-8-15(20)18-9-14)10-22-17(21)16(23-12(2)19)13-6-4-3-5-7-13/h3-7,11,14,16H,8-10H2,1-2H3,(H,18,20)/t11-,14-,16+/m0/s1. The van der Waals surface area contributed by atoms with Crippen LogP contribution >= 0.6 is 0 Å². The predicted octanol–water partition coefficient (Wildman–Crippen LogP) is 1.61. The Bertz CT molecular complexity index is 572. The van der Waals surface area contributed by atoms with Gasteiger partial charge >= 0.3 is 11.9 Å². The summed E-state index contributed by atoms with van der Waals surface area (Å²) in [6.07, 6.45) is -0.616. The van der Waals surface area contributed by atoms with Gasteiger partial charge in [0.15, 0.2) is 0 Å². The molecule has 3 atom stereocenters. The molecule has 1 heterocycles. The Morgan fingerprint density at radius 3 is 2.57 bits per heavy atom. The molecule has 0 aliphatic carbocycles. The summed E-state index contributed by atoms with van der Waals surface area (Å²) in [5.74, 6) is -0.925. The number of benzene rings is 1. The number of amides is 1. The topological polar surface area (TPSA) is 81.7 Å². The minimum absolute atomic E-state index is 0.0234. The van der Waals surface area contributed by atoms with Gasteiger partial charge in [0, 0.05) is 25.5 Å². The maximum Gasteiger partial charge on any atom is 0.352 e. The number of nitrogens with one attached hydrogen (secondary N) is 1. The summed E-state index contributed by atoms with van der Waals surface area (Å²) in [5, 5.41) is 2.76. The molecule has 1 saturated heterocycles. The van der Waals surface area contributed by atoms with Gasteiger partial charge in [0.05, 0.1) is 6.61 Å². The van der Waals surface area contributed by atoms with E-state index in [2.05, 4.69) is 5.32 Å². The molecule has 0 aromatic heterocycles. The van der Waals surface area contributed by atoms with Crippen LogP contribution in [0.2, 0.25) is 0 Å². The number of carbonyl (C=O) groups excluding carboxylic acids is 3. The van der Waals surface area contributed by atoms with Crippen molar-refractivity contribution < 1.29 is 23.9 Å². The first kappa shape index (κ1) is 17.0. The Morgan fingerprint density at radius 1 is 1.30 bits per heavy atom. The number of esters is 2. The molecule has 1 aliphatic heterocycles. The Kier molecular flexibility index (Phi) is 5.73. The van der Waals surface area contributed by atoms with E-state index in [4.69, 9.17) is 9.47 Å². The molecule has 0 saturated carbocycles. The van der Waals surface area contributed by atoms with E-state index in [-0.39, 0.29) is 24.3 Å². The van der Waals surface area contributed by atoms with Crippen LogP contribution in [-0.2, 0) is 23.9 Å². The molecule has 1 N–H and O–H groups in total. The molecule has 124 valence electrons. The van der Waals surface area contributed by atoms with Crippen LogP contribution in [0, 0.1) is 11.8 Å². The lowest BCUT2D eigenvalue weighted by Crippen LogP contribution is -2.26. The number of rotatable bonds is 6. The molecule has 1 aromatic carbocycles. The average Bonchev–Trinajstić information content (AvgIpc) is 2.97. The van der Waals surface area contributed by atoms with Crippen LogP contribution in [0.1, 0.15) is 31.9 Å². The maximum atomic E-state index is 12.3. The third-order valence-electron chi connectivity index (χ3n) is 3.90. The van der Waals surface area contributed by atoms with Crippen molar-refractivity contribution in [3.63, 3.8) is 0 Å². The lowest BCUT2D eigenvalue weighted by molar-refractivity contribution is -0.168. The lowest BCUT2D eigenvalue weighted by Gasteiger charge is -2.20. The molecule has 23 heavy (non-hydrogen) atoms. The predicted molar refractivity (Wildman–Crippen MR) is 82.2 cm³/mol. The first-order valence-corrected chi connectivity index (χ1v) is 7.63. The molecule has 6 nitrogen and oxygen atoms in total. The highest BCUT2D eigenvalue weighted by molar-refractivity contribution is 5.80. The van der Waals surface area contributed by atoms with Crippen LogP contribution in [0.5, 0.6) is 0 Å². The SMILES string of the molecule is CC(=O)O[C@@H](C(=O)OC[C@H](C)[C@@H]1CNC(=O)C1)c1ccccc1. The fourth-order valence-corrected chi connectivity index (χ4v) is 2.50. The van der Waals surface area contributed by atoms with Crippen molar-refractivity contribution >= 4 is 17.8 Å². The fraction of sp³-hybridized carbons (Fsp3) is 0.471. The summed E-state index contributed by atoms with van der Waals surface area (Å²) in [4.78, 5) is 34.8. The van der Waals surface area contributed by atoms with E-state index in [1.54, 1.807) is 24.3 Å². The van der Waals surface area contributed by atoms with Crippen LogP contribution in [0.25, 0.3) is 0 Å². The van der Waals surface area contributed by atoms with Crippen LogP contribution in [-0.4, -0.2) is 31.0 Å². The highest BCUT2D eigenvalue weighted by Gasteiger charge is 2.30. The molecule has 1 aliphatic rings. The quantitative estimate of drug-likeness (QED) is 0.806. The largest absolute Gasteiger partial charge is 0.462 e. The van der Waals surface area contributed by atoms with Crippen molar-refractivity contribution in [2.24, 2.45) is 11.8 Å². The number of hydrogen-bond acceptors (Lipinski definition) is 5. The van der Waals surface area contributed by atoms with Gasteiger partial charge in [0.2, 0.25) is 12.0 Å². The molecular weight excluding hydrogens is 298 g/mol. The smallest absolute Gasteiger partial charge is 0.352 e. The van der Waals surface area contributed by atoms with Crippen molar-refractivity contribution in [1.82, 2.24) is 5.32 Å². The molecule has 0 radical (unpaired) electrons. The van der Waals surface area contributed by atoms with E-state index in [1.165, 1.54) is 6.92 Å². The Labute approximate surface area is 135 Å². The Balaban J connectivity index is 1.95. The summed E-state index contributed by atoms with van der Waals surface area (Å²) in [5.41, 5.74) is 0.568. The zero-order valence-corrected chi connectivity index (χ0v) is 13.3. The highest BCUT2D eigenvalue weighted by atomic mass is 16.6. The summed E-state index contributed by atoms with van der Waals surface area (Å²) >= 11 is 0. The molecule has 1 fully saturated rings. The van der Waals surface area contributed by atoms with Crippen LogP contribution in [0.15, 0.2) is 30.3 Å². The molecular formula is C17H21NO5. The zero-order valence-electron chi connectivity index (χ0n) is 13.3. The van der Waals surface area contributed by atoms with Gasteiger partial charge in [0.25, 0.3) is 0 Å². The molecule has 1 amide bonds. The van der Waals surface area contributed by atoms with Crippen LogP contribution in [0.3, 0.4) is 0 Å². The van der Waals surface area contributed by atoms with E-state index in [0.29, 0.717) is 18.5 Å². The zero-order chi connectivity index (χ0) is 16.8. The maximum absolute atomic E-state index is 12.3. The monoisotopic (exact) mass is 319 g/mol. The first-order chi connectivity index (χ1) is 11.0. The van der Waals surface area contributed by atoms with Crippen molar-refractivity contribution in [2.45, 2.75) is 26.4 Å². The van der Waals surface area contributed by atoms with Gasteiger partial charge < -0.3 is 14.8 Å². The van der Waals surface area contributed by atoms with Crippen molar-refractivity contribution in [3.05, 3.63) is 35.9 Å². The van der Waals surface area contributed by atoms with E-state index in [1.807, 2.05) is 13.0 Å². The van der Waals surface area contributed by atoms with Gasteiger partial charge in [-0.2, -0.15) is 0 Å². The molecule has 2 rings (SSSR count). The number of carbonyl (C=O) groups is 3. The highest BCUT2D eigenvalue weighted by Crippen LogP contribution is 2.23. The molecule has 0 unspecified atom stereocenters. The Hall–Kier alpha value is -2.37. The minimum atomic E-state index is -1.07. The summed E-state index contributed by atoms with van der Waals surface area (Å²) in [6, 6.07) is 8.75. The summed E-state index contributed by atoms with van der Waals surface area (Å²) < 4.78 is 10.4. The molecule has 0 bridgehead atoms. The van der Waals surface area contributed by atoms with Crippen LogP contribution in [0.4, 0.5) is 0 Å². The van der Waals surface area contributed by atoms with Crippen molar-refractivity contribution in [2.75, 3.05) is 13.2 Å². The average molecular weight is 319 g/mol. The normalized spacial score (nSPS) is 19.6. The van der Waals surface area contributed by atoms with Gasteiger partial charge in [-0.1, -0.05) is 37.3 Å². The fourth-order valence-electron chi connectivity index (χ4n) is 2.50. The van der Waals surface area contributed by atoms with Gasteiger partial charge in [-0.05, 0) is 11.8 Å². The number of hydrogen-bond donors (Lipinski definition) is 1.